The van der Waals surface area contributed by atoms with Crippen LogP contribution in [-0.4, -0.2) is 14.3 Å². The molecule has 22 heavy (non-hydrogen) atoms. The van der Waals surface area contributed by atoms with Gasteiger partial charge < -0.3 is 0 Å². The molecule has 1 amide bonds. The molecule has 0 aliphatic heterocycles. The van der Waals surface area contributed by atoms with E-state index in [0.29, 0.717) is 6.42 Å². The number of hydrogen-bond acceptors (Lipinski definition) is 3. The first-order valence-corrected chi connectivity index (χ1v) is 8.62. The van der Waals surface area contributed by atoms with Gasteiger partial charge in [-0.15, -0.1) is 0 Å². The first kappa shape index (κ1) is 16.2. The van der Waals surface area contributed by atoms with Crippen molar-refractivity contribution >= 4 is 15.9 Å². The Hall–Kier alpha value is -2.14. The third-order valence-electron chi connectivity index (χ3n) is 3.29. The molecule has 2 aromatic rings. The maximum atomic E-state index is 12.1. The van der Waals surface area contributed by atoms with Crippen molar-refractivity contribution in [1.82, 2.24) is 4.72 Å². The van der Waals surface area contributed by atoms with E-state index in [4.69, 9.17) is 0 Å². The molecule has 0 fully saturated rings. The maximum Gasteiger partial charge on any atom is 0.264 e. The zero-order valence-electron chi connectivity index (χ0n) is 12.5. The van der Waals surface area contributed by atoms with E-state index >= 15 is 0 Å². The fourth-order valence-corrected chi connectivity index (χ4v) is 3.09. The number of aryl methyl sites for hydroxylation is 2. The van der Waals surface area contributed by atoms with Crippen molar-refractivity contribution in [2.24, 2.45) is 0 Å². The summed E-state index contributed by atoms with van der Waals surface area (Å²) < 4.78 is 26.2. The summed E-state index contributed by atoms with van der Waals surface area (Å²) in [6.45, 7) is 1.87. The molecule has 0 unspecified atom stereocenters. The van der Waals surface area contributed by atoms with Crippen molar-refractivity contribution in [2.75, 3.05) is 0 Å². The minimum atomic E-state index is -3.77. The molecule has 4 nitrogen and oxygen atoms in total. The molecule has 116 valence electrons. The molecule has 0 radical (unpaired) electrons. The number of carbonyl (C=O) groups excluding carboxylic acids is 1. The molecule has 0 aliphatic rings. The smallest absolute Gasteiger partial charge is 0.264 e. The van der Waals surface area contributed by atoms with Gasteiger partial charge in [0, 0.05) is 6.42 Å². The normalized spacial score (nSPS) is 11.1. The van der Waals surface area contributed by atoms with Crippen LogP contribution in [0.15, 0.2) is 59.5 Å². The average Bonchev–Trinajstić information content (AvgIpc) is 2.48. The second kappa shape index (κ2) is 7.22. The summed E-state index contributed by atoms with van der Waals surface area (Å²) in [5.41, 5.74) is 2.10. The minimum Gasteiger partial charge on any atom is -0.274 e. The van der Waals surface area contributed by atoms with Crippen LogP contribution in [0.1, 0.15) is 24.0 Å². The zero-order chi connectivity index (χ0) is 16.0. The highest BCUT2D eigenvalue weighted by molar-refractivity contribution is 7.90. The van der Waals surface area contributed by atoms with Crippen molar-refractivity contribution in [1.29, 1.82) is 0 Å². The van der Waals surface area contributed by atoms with Gasteiger partial charge in [0.2, 0.25) is 5.91 Å². The Labute approximate surface area is 131 Å². The standard InChI is InChI=1S/C17H19NO3S/c1-14-10-12-16(13-11-14)22(20,21)18-17(19)9-5-8-15-6-3-2-4-7-15/h2-4,6-7,10-13H,5,8-9H2,1H3,(H,18,19). The number of benzene rings is 2. The van der Waals surface area contributed by atoms with Gasteiger partial charge in [0.25, 0.3) is 10.0 Å². The van der Waals surface area contributed by atoms with Crippen LogP contribution in [0.25, 0.3) is 0 Å². The zero-order valence-corrected chi connectivity index (χ0v) is 13.3. The Morgan fingerprint density at radius 2 is 1.64 bits per heavy atom. The summed E-state index contributed by atoms with van der Waals surface area (Å²) in [5, 5.41) is 0. The van der Waals surface area contributed by atoms with Crippen LogP contribution in [0.2, 0.25) is 0 Å². The molecule has 2 rings (SSSR count). The Morgan fingerprint density at radius 3 is 2.27 bits per heavy atom. The van der Waals surface area contributed by atoms with E-state index in [1.165, 1.54) is 12.1 Å². The molecule has 0 heterocycles. The maximum absolute atomic E-state index is 12.1. The molecule has 2 aromatic carbocycles. The van der Waals surface area contributed by atoms with Gasteiger partial charge in [0.1, 0.15) is 0 Å². The van der Waals surface area contributed by atoms with Gasteiger partial charge in [-0.2, -0.15) is 0 Å². The first-order chi connectivity index (χ1) is 10.5. The van der Waals surface area contributed by atoms with Crippen LogP contribution < -0.4 is 4.72 Å². The van der Waals surface area contributed by atoms with Crippen molar-refractivity contribution < 1.29 is 13.2 Å². The summed E-state index contributed by atoms with van der Waals surface area (Å²) >= 11 is 0. The molecular formula is C17H19NO3S. The lowest BCUT2D eigenvalue weighted by Crippen LogP contribution is -2.30. The summed E-state index contributed by atoms with van der Waals surface area (Å²) in [6.07, 6.45) is 1.54. The number of amides is 1. The van der Waals surface area contributed by atoms with Crippen molar-refractivity contribution in [3.8, 4) is 0 Å². The summed E-state index contributed by atoms with van der Waals surface area (Å²) in [5.74, 6) is -0.475. The largest absolute Gasteiger partial charge is 0.274 e. The lowest BCUT2D eigenvalue weighted by Gasteiger charge is -2.07. The summed E-state index contributed by atoms with van der Waals surface area (Å²) in [7, 11) is -3.77. The van der Waals surface area contributed by atoms with Crippen LogP contribution in [-0.2, 0) is 21.2 Å². The first-order valence-electron chi connectivity index (χ1n) is 7.13. The van der Waals surface area contributed by atoms with Gasteiger partial charge in [-0.1, -0.05) is 48.0 Å². The predicted octanol–water partition coefficient (Wildman–Crippen LogP) is 2.82. The number of sulfonamides is 1. The Balaban J connectivity index is 1.87. The summed E-state index contributed by atoms with van der Waals surface area (Å²) in [6, 6.07) is 16.2. The molecule has 0 spiro atoms. The molecule has 0 saturated heterocycles. The molecule has 5 heteroatoms. The minimum absolute atomic E-state index is 0.106. The Kier molecular flexibility index (Phi) is 5.33. The van der Waals surface area contributed by atoms with E-state index < -0.39 is 15.9 Å². The van der Waals surface area contributed by atoms with E-state index in [9.17, 15) is 13.2 Å². The molecule has 0 aromatic heterocycles. The van der Waals surface area contributed by atoms with Gasteiger partial charge >= 0.3 is 0 Å². The number of rotatable bonds is 6. The monoisotopic (exact) mass is 317 g/mol. The molecule has 0 saturated carbocycles. The molecular weight excluding hydrogens is 298 g/mol. The van der Waals surface area contributed by atoms with Gasteiger partial charge in [-0.3, -0.25) is 4.79 Å². The summed E-state index contributed by atoms with van der Waals surface area (Å²) in [4.78, 5) is 11.9. The SMILES string of the molecule is Cc1ccc(S(=O)(=O)NC(=O)CCCc2ccccc2)cc1. The quantitative estimate of drug-likeness (QED) is 0.891. The Morgan fingerprint density at radius 1 is 1.00 bits per heavy atom. The predicted molar refractivity (Wildman–Crippen MR) is 85.9 cm³/mol. The van der Waals surface area contributed by atoms with Gasteiger partial charge in [0.15, 0.2) is 0 Å². The lowest BCUT2D eigenvalue weighted by molar-refractivity contribution is -0.119. The Bertz CT molecular complexity index is 722. The van der Waals surface area contributed by atoms with E-state index in [0.717, 1.165) is 17.5 Å². The highest BCUT2D eigenvalue weighted by Crippen LogP contribution is 2.10. The average molecular weight is 317 g/mol. The number of nitrogens with one attached hydrogen (secondary N) is 1. The van der Waals surface area contributed by atoms with Crippen LogP contribution >= 0.6 is 0 Å². The van der Waals surface area contributed by atoms with Gasteiger partial charge in [0.05, 0.1) is 4.90 Å². The lowest BCUT2D eigenvalue weighted by atomic mass is 10.1. The molecule has 0 bridgehead atoms. The molecule has 0 atom stereocenters. The fourth-order valence-electron chi connectivity index (χ4n) is 2.07. The fraction of sp³-hybridized carbons (Fsp3) is 0.235. The van der Waals surface area contributed by atoms with Crippen molar-refractivity contribution in [2.45, 2.75) is 31.1 Å². The number of hydrogen-bond donors (Lipinski definition) is 1. The van der Waals surface area contributed by atoms with Crippen LogP contribution in [0.5, 0.6) is 0 Å². The van der Waals surface area contributed by atoms with E-state index in [1.807, 2.05) is 37.3 Å². The van der Waals surface area contributed by atoms with Crippen LogP contribution in [0, 0.1) is 6.92 Å². The highest BCUT2D eigenvalue weighted by Gasteiger charge is 2.16. The molecule has 1 N–H and O–H groups in total. The molecule has 0 aliphatic carbocycles. The third-order valence-corrected chi connectivity index (χ3v) is 4.68. The second-order valence-corrected chi connectivity index (χ2v) is 6.86. The van der Waals surface area contributed by atoms with Gasteiger partial charge in [-0.25, -0.2) is 13.1 Å². The van der Waals surface area contributed by atoms with E-state index in [2.05, 4.69) is 4.72 Å². The van der Waals surface area contributed by atoms with Crippen LogP contribution in [0.4, 0.5) is 0 Å². The highest BCUT2D eigenvalue weighted by atomic mass is 32.2. The second-order valence-electron chi connectivity index (χ2n) is 5.18. The van der Waals surface area contributed by atoms with Crippen LogP contribution in [0.3, 0.4) is 0 Å². The third kappa shape index (κ3) is 4.70. The van der Waals surface area contributed by atoms with Crippen molar-refractivity contribution in [3.63, 3.8) is 0 Å². The topological polar surface area (TPSA) is 63.2 Å². The van der Waals surface area contributed by atoms with Crippen molar-refractivity contribution in [3.05, 3.63) is 65.7 Å². The van der Waals surface area contributed by atoms with E-state index in [-0.39, 0.29) is 11.3 Å². The number of carbonyl (C=O) groups is 1. The van der Waals surface area contributed by atoms with Gasteiger partial charge in [-0.05, 0) is 37.5 Å². The van der Waals surface area contributed by atoms with E-state index in [1.54, 1.807) is 12.1 Å².